The molecule has 0 amide bonds. The summed E-state index contributed by atoms with van der Waals surface area (Å²) < 4.78 is 1.60. The van der Waals surface area contributed by atoms with Crippen LogP contribution in [-0.2, 0) is 7.05 Å². The van der Waals surface area contributed by atoms with Gasteiger partial charge in [0.1, 0.15) is 0 Å². The fourth-order valence-electron chi connectivity index (χ4n) is 3.10. The highest BCUT2D eigenvalue weighted by Crippen LogP contribution is 2.31. The number of anilines is 1. The molecular formula is C12H18N4O. The first kappa shape index (κ1) is 10.8. The van der Waals surface area contributed by atoms with Gasteiger partial charge in [0, 0.05) is 45.6 Å². The summed E-state index contributed by atoms with van der Waals surface area (Å²) in [6.45, 7) is 4.24. The molecule has 17 heavy (non-hydrogen) atoms. The Hall–Kier alpha value is -1.36. The van der Waals surface area contributed by atoms with E-state index in [4.69, 9.17) is 0 Å². The zero-order chi connectivity index (χ0) is 12.0. The van der Waals surface area contributed by atoms with Gasteiger partial charge in [-0.05, 0) is 18.9 Å². The van der Waals surface area contributed by atoms with Gasteiger partial charge < -0.3 is 14.4 Å². The van der Waals surface area contributed by atoms with Crippen LogP contribution in [0, 0.1) is 11.8 Å². The molecule has 1 aromatic rings. The zero-order valence-electron chi connectivity index (χ0n) is 10.3. The van der Waals surface area contributed by atoms with E-state index in [2.05, 4.69) is 21.8 Å². The highest BCUT2D eigenvalue weighted by molar-refractivity contribution is 5.38. The first-order valence-electron chi connectivity index (χ1n) is 6.10. The molecule has 2 atom stereocenters. The van der Waals surface area contributed by atoms with Crippen LogP contribution in [0.5, 0.6) is 0 Å². The Kier molecular flexibility index (Phi) is 2.43. The number of hydrogen-bond donors (Lipinski definition) is 0. The van der Waals surface area contributed by atoms with E-state index in [0.29, 0.717) is 17.7 Å². The van der Waals surface area contributed by atoms with E-state index in [1.807, 2.05) is 0 Å². The van der Waals surface area contributed by atoms with E-state index in [1.54, 1.807) is 24.0 Å². The Morgan fingerprint density at radius 2 is 1.82 bits per heavy atom. The summed E-state index contributed by atoms with van der Waals surface area (Å²) >= 11 is 0. The van der Waals surface area contributed by atoms with Crippen LogP contribution in [0.2, 0.25) is 0 Å². The molecule has 5 heteroatoms. The lowest BCUT2D eigenvalue weighted by Crippen LogP contribution is -2.33. The maximum Gasteiger partial charge on any atom is 0.293 e. The maximum absolute atomic E-state index is 12.0. The van der Waals surface area contributed by atoms with Crippen molar-refractivity contribution >= 4 is 5.82 Å². The van der Waals surface area contributed by atoms with Crippen molar-refractivity contribution in [2.75, 3.05) is 38.1 Å². The third-order valence-electron chi connectivity index (χ3n) is 3.97. The van der Waals surface area contributed by atoms with Crippen LogP contribution in [0.15, 0.2) is 17.2 Å². The van der Waals surface area contributed by atoms with E-state index >= 15 is 0 Å². The maximum atomic E-state index is 12.0. The summed E-state index contributed by atoms with van der Waals surface area (Å²) in [6, 6.07) is 0. The van der Waals surface area contributed by atoms with E-state index in [9.17, 15) is 4.79 Å². The topological polar surface area (TPSA) is 41.4 Å². The van der Waals surface area contributed by atoms with E-state index in [-0.39, 0.29) is 5.56 Å². The smallest absolute Gasteiger partial charge is 0.293 e. The number of fused-ring (bicyclic) bond motifs is 1. The van der Waals surface area contributed by atoms with Crippen molar-refractivity contribution in [3.8, 4) is 0 Å². The minimum absolute atomic E-state index is 0.0147. The Bertz CT molecular complexity index is 470. The Morgan fingerprint density at radius 3 is 2.47 bits per heavy atom. The van der Waals surface area contributed by atoms with E-state index in [0.717, 1.165) is 26.2 Å². The molecule has 0 N–H and O–H groups in total. The van der Waals surface area contributed by atoms with Crippen LogP contribution in [0.1, 0.15) is 0 Å². The molecule has 0 aromatic carbocycles. The van der Waals surface area contributed by atoms with Crippen LogP contribution in [0.4, 0.5) is 5.82 Å². The van der Waals surface area contributed by atoms with Crippen molar-refractivity contribution < 1.29 is 0 Å². The van der Waals surface area contributed by atoms with E-state index in [1.165, 1.54) is 0 Å². The average Bonchev–Trinajstić information content (AvgIpc) is 2.79. The molecule has 2 unspecified atom stereocenters. The van der Waals surface area contributed by atoms with Gasteiger partial charge in [-0.3, -0.25) is 4.79 Å². The molecule has 0 saturated carbocycles. The third-order valence-corrected chi connectivity index (χ3v) is 3.97. The molecule has 1 aromatic heterocycles. The molecule has 0 bridgehead atoms. The summed E-state index contributed by atoms with van der Waals surface area (Å²) in [6.07, 6.45) is 3.41. The Labute approximate surface area is 101 Å². The van der Waals surface area contributed by atoms with Crippen molar-refractivity contribution in [3.63, 3.8) is 0 Å². The predicted octanol–water partition coefficient (Wildman–Crippen LogP) is -0.222. The zero-order valence-corrected chi connectivity index (χ0v) is 10.3. The second-order valence-corrected chi connectivity index (χ2v) is 5.31. The Morgan fingerprint density at radius 1 is 1.18 bits per heavy atom. The molecule has 92 valence electrons. The lowest BCUT2D eigenvalue weighted by Gasteiger charge is -2.19. The fourth-order valence-corrected chi connectivity index (χ4v) is 3.10. The summed E-state index contributed by atoms with van der Waals surface area (Å²) in [5.41, 5.74) is 0.0147. The molecular weight excluding hydrogens is 216 g/mol. The number of aryl methyl sites for hydroxylation is 1. The standard InChI is InChI=1S/C12H18N4O/c1-14-5-9-7-16(8-10(9)6-14)11-12(17)15(2)4-3-13-11/h3-4,9-10H,5-8H2,1-2H3. The van der Waals surface area contributed by atoms with Gasteiger partial charge in [-0.25, -0.2) is 4.98 Å². The highest BCUT2D eigenvalue weighted by atomic mass is 16.1. The lowest BCUT2D eigenvalue weighted by molar-refractivity contribution is 0.386. The molecule has 5 nitrogen and oxygen atoms in total. The van der Waals surface area contributed by atoms with Crippen molar-refractivity contribution in [2.24, 2.45) is 18.9 Å². The van der Waals surface area contributed by atoms with Crippen LogP contribution in [0.25, 0.3) is 0 Å². The quantitative estimate of drug-likeness (QED) is 0.673. The first-order valence-corrected chi connectivity index (χ1v) is 6.10. The fraction of sp³-hybridized carbons (Fsp3) is 0.667. The van der Waals surface area contributed by atoms with Crippen LogP contribution >= 0.6 is 0 Å². The SMILES string of the molecule is CN1CC2CN(c3nccn(C)c3=O)CC2C1. The molecule has 2 aliphatic heterocycles. The molecule has 3 heterocycles. The van der Waals surface area contributed by atoms with Gasteiger partial charge in [0.2, 0.25) is 0 Å². The van der Waals surface area contributed by atoms with Gasteiger partial charge in [-0.1, -0.05) is 0 Å². The van der Waals surface area contributed by atoms with Gasteiger partial charge in [0.25, 0.3) is 5.56 Å². The van der Waals surface area contributed by atoms with Crippen molar-refractivity contribution in [2.45, 2.75) is 0 Å². The van der Waals surface area contributed by atoms with Crippen molar-refractivity contribution in [1.29, 1.82) is 0 Å². The molecule has 0 radical (unpaired) electrons. The van der Waals surface area contributed by atoms with Gasteiger partial charge in [-0.2, -0.15) is 0 Å². The Balaban J connectivity index is 1.84. The van der Waals surface area contributed by atoms with E-state index < -0.39 is 0 Å². The third kappa shape index (κ3) is 1.74. The summed E-state index contributed by atoms with van der Waals surface area (Å²) in [4.78, 5) is 20.8. The lowest BCUT2D eigenvalue weighted by atomic mass is 10.0. The monoisotopic (exact) mass is 234 g/mol. The number of nitrogens with zero attached hydrogens (tertiary/aromatic N) is 4. The first-order chi connectivity index (χ1) is 8.15. The second-order valence-electron chi connectivity index (χ2n) is 5.31. The number of hydrogen-bond acceptors (Lipinski definition) is 4. The summed E-state index contributed by atoms with van der Waals surface area (Å²) in [7, 11) is 3.95. The summed E-state index contributed by atoms with van der Waals surface area (Å²) in [5.74, 6) is 2.02. The van der Waals surface area contributed by atoms with Crippen molar-refractivity contribution in [3.05, 3.63) is 22.7 Å². The normalized spacial score (nSPS) is 28.7. The summed E-state index contributed by atoms with van der Waals surface area (Å²) in [5, 5.41) is 0. The predicted molar refractivity (Wildman–Crippen MR) is 66.2 cm³/mol. The minimum Gasteiger partial charge on any atom is -0.351 e. The second kappa shape index (κ2) is 3.84. The average molecular weight is 234 g/mol. The molecule has 2 aliphatic rings. The van der Waals surface area contributed by atoms with Crippen LogP contribution < -0.4 is 10.5 Å². The van der Waals surface area contributed by atoms with Gasteiger partial charge in [0.15, 0.2) is 5.82 Å². The molecule has 2 saturated heterocycles. The number of likely N-dealkylation sites (tertiary alicyclic amines) is 1. The van der Waals surface area contributed by atoms with Crippen LogP contribution in [0.3, 0.4) is 0 Å². The molecule has 0 aliphatic carbocycles. The van der Waals surface area contributed by atoms with Gasteiger partial charge >= 0.3 is 0 Å². The molecule has 3 rings (SSSR count). The van der Waals surface area contributed by atoms with Crippen molar-refractivity contribution in [1.82, 2.24) is 14.5 Å². The number of aromatic nitrogens is 2. The minimum atomic E-state index is 0.0147. The largest absolute Gasteiger partial charge is 0.351 e. The van der Waals surface area contributed by atoms with Gasteiger partial charge in [-0.15, -0.1) is 0 Å². The van der Waals surface area contributed by atoms with Gasteiger partial charge in [0.05, 0.1) is 0 Å². The molecule has 2 fully saturated rings. The number of rotatable bonds is 1. The highest BCUT2D eigenvalue weighted by Gasteiger charge is 2.39. The van der Waals surface area contributed by atoms with Crippen LogP contribution in [-0.4, -0.2) is 47.7 Å². The molecule has 0 spiro atoms.